The number of aromatic nitrogens is 3. The van der Waals surface area contributed by atoms with E-state index in [9.17, 15) is 8.42 Å². The maximum Gasteiger partial charge on any atom is 0.242 e. The monoisotopic (exact) mass is 557 g/mol. The lowest BCUT2D eigenvalue weighted by atomic mass is 10.0. The van der Waals surface area contributed by atoms with Crippen molar-refractivity contribution in [3.63, 3.8) is 0 Å². The number of para-hydroxylation sites is 1. The standard InChI is InChI=1S/C30H28ClN5O2S/c1-30(2,3)35-39(37,38)24-16-21(17-32-18-24)28-25-13-9-14-27(26(25)19-34-29(28)31)36(23-11-5-4-6-12-23)20-22-10-7-8-15-33-22/h4-19,35H,20H2,1-3H3. The van der Waals surface area contributed by atoms with Gasteiger partial charge in [0.1, 0.15) is 10.0 Å². The first-order chi connectivity index (χ1) is 18.6. The lowest BCUT2D eigenvalue weighted by Gasteiger charge is -2.26. The minimum Gasteiger partial charge on any atom is -0.335 e. The largest absolute Gasteiger partial charge is 0.335 e. The molecule has 7 nitrogen and oxygen atoms in total. The Bertz CT molecular complexity index is 1720. The van der Waals surface area contributed by atoms with E-state index in [1.54, 1.807) is 45.4 Å². The molecule has 2 aromatic carbocycles. The zero-order valence-electron chi connectivity index (χ0n) is 21.8. The first kappa shape index (κ1) is 26.7. The van der Waals surface area contributed by atoms with Gasteiger partial charge >= 0.3 is 0 Å². The van der Waals surface area contributed by atoms with Gasteiger partial charge in [0.05, 0.1) is 17.9 Å². The van der Waals surface area contributed by atoms with Crippen LogP contribution in [0.25, 0.3) is 21.9 Å². The van der Waals surface area contributed by atoms with Crippen LogP contribution in [0.1, 0.15) is 26.5 Å². The van der Waals surface area contributed by atoms with Gasteiger partial charge in [-0.05, 0) is 62.6 Å². The summed E-state index contributed by atoms with van der Waals surface area (Å²) in [5.41, 5.74) is 3.35. The van der Waals surface area contributed by atoms with Gasteiger partial charge in [-0.2, -0.15) is 0 Å². The number of sulfonamides is 1. The van der Waals surface area contributed by atoms with E-state index in [2.05, 4.69) is 24.6 Å². The maximum atomic E-state index is 13.0. The molecule has 9 heteroatoms. The number of fused-ring (bicyclic) bond motifs is 1. The van der Waals surface area contributed by atoms with Crippen molar-refractivity contribution in [3.05, 3.63) is 108 Å². The highest BCUT2D eigenvalue weighted by atomic mass is 35.5. The van der Waals surface area contributed by atoms with Gasteiger partial charge in [0.25, 0.3) is 0 Å². The molecule has 5 rings (SSSR count). The van der Waals surface area contributed by atoms with Crippen molar-refractivity contribution in [3.8, 4) is 11.1 Å². The van der Waals surface area contributed by atoms with Gasteiger partial charge in [-0.15, -0.1) is 0 Å². The molecule has 39 heavy (non-hydrogen) atoms. The van der Waals surface area contributed by atoms with Crippen molar-refractivity contribution >= 4 is 43.8 Å². The summed E-state index contributed by atoms with van der Waals surface area (Å²) in [6, 6.07) is 23.5. The first-order valence-electron chi connectivity index (χ1n) is 12.4. The summed E-state index contributed by atoms with van der Waals surface area (Å²) in [4.78, 5) is 15.5. The van der Waals surface area contributed by atoms with E-state index in [1.165, 1.54) is 6.20 Å². The molecule has 3 aromatic heterocycles. The van der Waals surface area contributed by atoms with Crippen LogP contribution in [-0.2, 0) is 16.6 Å². The van der Waals surface area contributed by atoms with Crippen LogP contribution < -0.4 is 9.62 Å². The highest BCUT2D eigenvalue weighted by molar-refractivity contribution is 7.89. The smallest absolute Gasteiger partial charge is 0.242 e. The molecule has 1 N–H and O–H groups in total. The number of hydrogen-bond donors (Lipinski definition) is 1. The molecular formula is C30H28ClN5O2S. The molecule has 5 aromatic rings. The van der Waals surface area contributed by atoms with Gasteiger partial charge in [-0.1, -0.05) is 48.0 Å². The minimum absolute atomic E-state index is 0.0558. The Balaban J connectivity index is 1.67. The molecule has 0 spiro atoms. The summed E-state index contributed by atoms with van der Waals surface area (Å²) in [6.45, 7) is 5.91. The van der Waals surface area contributed by atoms with E-state index in [0.717, 1.165) is 27.8 Å². The van der Waals surface area contributed by atoms with E-state index in [4.69, 9.17) is 11.6 Å². The highest BCUT2D eigenvalue weighted by Gasteiger charge is 2.24. The molecule has 0 aliphatic rings. The molecule has 0 amide bonds. The van der Waals surface area contributed by atoms with E-state index in [0.29, 0.717) is 17.7 Å². The minimum atomic E-state index is -3.80. The topological polar surface area (TPSA) is 88.1 Å². The maximum absolute atomic E-state index is 13.0. The average molecular weight is 558 g/mol. The van der Waals surface area contributed by atoms with Crippen molar-refractivity contribution in [2.75, 3.05) is 4.90 Å². The number of anilines is 2. The summed E-state index contributed by atoms with van der Waals surface area (Å²) >= 11 is 6.66. The van der Waals surface area contributed by atoms with Crippen molar-refractivity contribution in [2.45, 2.75) is 37.8 Å². The molecule has 0 atom stereocenters. The summed E-state index contributed by atoms with van der Waals surface area (Å²) < 4.78 is 28.8. The number of pyridine rings is 3. The van der Waals surface area contributed by atoms with Gasteiger partial charge in [0.2, 0.25) is 10.0 Å². The van der Waals surface area contributed by atoms with Crippen LogP contribution in [-0.4, -0.2) is 28.9 Å². The predicted molar refractivity (Wildman–Crippen MR) is 157 cm³/mol. The molecule has 198 valence electrons. The van der Waals surface area contributed by atoms with Gasteiger partial charge in [0.15, 0.2) is 0 Å². The van der Waals surface area contributed by atoms with Crippen molar-refractivity contribution < 1.29 is 8.42 Å². The summed E-state index contributed by atoms with van der Waals surface area (Å²) in [7, 11) is -3.80. The van der Waals surface area contributed by atoms with Gasteiger partial charge in [-0.3, -0.25) is 9.97 Å². The van der Waals surface area contributed by atoms with Gasteiger partial charge in [0, 0.05) is 52.5 Å². The molecule has 0 bridgehead atoms. The number of hydrogen-bond acceptors (Lipinski definition) is 6. The Hall–Kier alpha value is -3.85. The first-order valence-corrected chi connectivity index (χ1v) is 14.3. The number of rotatable bonds is 7. The highest BCUT2D eigenvalue weighted by Crippen LogP contribution is 2.40. The Morgan fingerprint density at radius 3 is 2.36 bits per heavy atom. The summed E-state index contributed by atoms with van der Waals surface area (Å²) in [5, 5.41) is 1.95. The molecule has 0 fully saturated rings. The predicted octanol–water partition coefficient (Wildman–Crippen LogP) is 6.76. The van der Waals surface area contributed by atoms with Crippen molar-refractivity contribution in [1.29, 1.82) is 0 Å². The number of nitrogens with one attached hydrogen (secondary N) is 1. The summed E-state index contributed by atoms with van der Waals surface area (Å²) in [6.07, 6.45) is 6.47. The second-order valence-electron chi connectivity index (χ2n) is 10.2. The van der Waals surface area contributed by atoms with Crippen LogP contribution in [0.15, 0.2) is 102 Å². The van der Waals surface area contributed by atoms with Crippen LogP contribution in [0.5, 0.6) is 0 Å². The number of halogens is 1. The fourth-order valence-corrected chi connectivity index (χ4v) is 6.12. The molecule has 0 aliphatic heterocycles. The van der Waals surface area contributed by atoms with E-state index < -0.39 is 15.6 Å². The lowest BCUT2D eigenvalue weighted by Crippen LogP contribution is -2.40. The average Bonchev–Trinajstić information content (AvgIpc) is 2.91. The van der Waals surface area contributed by atoms with Gasteiger partial charge in [-0.25, -0.2) is 18.1 Å². The third kappa shape index (κ3) is 5.93. The van der Waals surface area contributed by atoms with Crippen LogP contribution in [0.2, 0.25) is 5.15 Å². The summed E-state index contributed by atoms with van der Waals surface area (Å²) in [5.74, 6) is 0. The number of benzene rings is 2. The van der Waals surface area contributed by atoms with Gasteiger partial charge < -0.3 is 4.90 Å². The van der Waals surface area contributed by atoms with Crippen molar-refractivity contribution in [1.82, 2.24) is 19.7 Å². The van der Waals surface area contributed by atoms with Crippen molar-refractivity contribution in [2.24, 2.45) is 0 Å². The molecular weight excluding hydrogens is 530 g/mol. The Morgan fingerprint density at radius 1 is 0.872 bits per heavy atom. The van der Waals surface area contributed by atoms with E-state index in [-0.39, 0.29) is 10.0 Å². The quantitative estimate of drug-likeness (QED) is 0.222. The van der Waals surface area contributed by atoms with E-state index in [1.807, 2.05) is 66.7 Å². The van der Waals surface area contributed by atoms with Crippen LogP contribution in [0, 0.1) is 0 Å². The molecule has 0 unspecified atom stereocenters. The second kappa shape index (κ2) is 10.7. The third-order valence-electron chi connectivity index (χ3n) is 6.02. The lowest BCUT2D eigenvalue weighted by molar-refractivity contribution is 0.491. The van der Waals surface area contributed by atoms with Crippen LogP contribution in [0.3, 0.4) is 0 Å². The Kier molecular flexibility index (Phi) is 7.36. The SMILES string of the molecule is CC(C)(C)NS(=O)(=O)c1cncc(-c2c(Cl)ncc3c(N(Cc4ccccn4)c4ccccc4)cccc23)c1. The van der Waals surface area contributed by atoms with Crippen LogP contribution in [0.4, 0.5) is 11.4 Å². The fourth-order valence-electron chi connectivity index (χ4n) is 4.46. The molecule has 0 radical (unpaired) electrons. The fraction of sp³-hybridized carbons (Fsp3) is 0.167. The Labute approximate surface area is 233 Å². The van der Waals surface area contributed by atoms with Crippen LogP contribution >= 0.6 is 11.6 Å². The second-order valence-corrected chi connectivity index (χ2v) is 12.2. The number of nitrogens with zero attached hydrogens (tertiary/aromatic N) is 4. The third-order valence-corrected chi connectivity index (χ3v) is 8.03. The molecule has 0 saturated carbocycles. The molecule has 3 heterocycles. The Morgan fingerprint density at radius 2 is 1.64 bits per heavy atom. The zero-order valence-corrected chi connectivity index (χ0v) is 23.4. The molecule has 0 aliphatic carbocycles. The normalized spacial score (nSPS) is 12.0. The zero-order chi connectivity index (χ0) is 27.6. The van der Waals surface area contributed by atoms with E-state index >= 15 is 0 Å². The molecule has 0 saturated heterocycles.